The van der Waals surface area contributed by atoms with Crippen molar-refractivity contribution < 1.29 is 9.63 Å². The molecule has 6 heteroatoms. The van der Waals surface area contributed by atoms with Gasteiger partial charge in [-0.2, -0.15) is 5.26 Å². The number of amides is 1. The minimum atomic E-state index is -1.13. The molecule has 0 saturated heterocycles. The molecule has 0 bridgehead atoms. The molecule has 1 aliphatic heterocycles. The Hall–Kier alpha value is -2.84. The maximum Gasteiger partial charge on any atom is 0.271 e. The Morgan fingerprint density at radius 2 is 2.12 bits per heavy atom. The number of nitrogens with one attached hydrogen (secondary N) is 1. The van der Waals surface area contributed by atoms with E-state index in [0.29, 0.717) is 28.4 Å². The van der Waals surface area contributed by atoms with Crippen molar-refractivity contribution in [2.24, 2.45) is 5.16 Å². The van der Waals surface area contributed by atoms with Crippen molar-refractivity contribution in [3.05, 3.63) is 64.7 Å². The first-order chi connectivity index (χ1) is 11.5. The largest absolute Gasteiger partial charge is 0.379 e. The summed E-state index contributed by atoms with van der Waals surface area (Å²) >= 11 is 6.17. The van der Waals surface area contributed by atoms with E-state index in [1.165, 1.54) is 0 Å². The van der Waals surface area contributed by atoms with E-state index < -0.39 is 5.60 Å². The molecule has 0 spiro atoms. The summed E-state index contributed by atoms with van der Waals surface area (Å²) in [7, 11) is 0. The van der Waals surface area contributed by atoms with Gasteiger partial charge in [0.25, 0.3) is 5.91 Å². The molecule has 0 aliphatic carbocycles. The van der Waals surface area contributed by atoms with E-state index in [2.05, 4.69) is 10.5 Å². The van der Waals surface area contributed by atoms with Gasteiger partial charge in [0.15, 0.2) is 0 Å². The molecule has 1 amide bonds. The Kier molecular flexibility index (Phi) is 4.24. The number of rotatable bonds is 3. The number of hydrogen-bond donors (Lipinski definition) is 1. The Bertz CT molecular complexity index is 873. The highest BCUT2D eigenvalue weighted by atomic mass is 35.5. The monoisotopic (exact) mass is 339 g/mol. The number of benzene rings is 2. The van der Waals surface area contributed by atoms with Gasteiger partial charge < -0.3 is 10.2 Å². The number of halogens is 1. The number of nitriles is 1. The quantitative estimate of drug-likeness (QED) is 0.925. The molecule has 1 heterocycles. The van der Waals surface area contributed by atoms with Crippen LogP contribution in [0.5, 0.6) is 0 Å². The van der Waals surface area contributed by atoms with Crippen molar-refractivity contribution in [1.29, 1.82) is 5.26 Å². The second-order valence-electron chi connectivity index (χ2n) is 5.66. The van der Waals surface area contributed by atoms with Gasteiger partial charge in [-0.15, -0.1) is 0 Å². The highest BCUT2D eigenvalue weighted by Gasteiger charge is 2.42. The summed E-state index contributed by atoms with van der Waals surface area (Å²) in [5, 5.41) is 16.3. The number of nitrogens with zero attached hydrogens (tertiary/aromatic N) is 2. The molecule has 3 rings (SSSR count). The maximum atomic E-state index is 12.6. The molecule has 2 aromatic carbocycles. The lowest BCUT2D eigenvalue weighted by Gasteiger charge is -2.20. The topological polar surface area (TPSA) is 74.5 Å². The third-order valence-corrected chi connectivity index (χ3v) is 4.11. The zero-order valence-corrected chi connectivity index (χ0v) is 13.7. The fourth-order valence-corrected chi connectivity index (χ4v) is 2.68. The molecule has 0 radical (unpaired) electrons. The molecule has 1 aliphatic rings. The molecule has 0 saturated carbocycles. The van der Waals surface area contributed by atoms with Crippen LogP contribution in [-0.2, 0) is 9.63 Å². The third kappa shape index (κ3) is 3.10. The van der Waals surface area contributed by atoms with E-state index in [0.717, 1.165) is 5.56 Å². The number of carbonyl (C=O) groups is 1. The normalized spacial score (nSPS) is 19.1. The van der Waals surface area contributed by atoms with Gasteiger partial charge in [-0.05, 0) is 31.2 Å². The van der Waals surface area contributed by atoms with Crippen molar-refractivity contribution >= 4 is 28.9 Å². The van der Waals surface area contributed by atoms with Crippen LogP contribution in [0.4, 0.5) is 5.69 Å². The minimum Gasteiger partial charge on any atom is -0.379 e. The predicted octanol–water partition coefficient (Wildman–Crippen LogP) is 3.73. The fraction of sp³-hybridized carbons (Fsp3) is 0.167. The van der Waals surface area contributed by atoms with Crippen molar-refractivity contribution in [2.45, 2.75) is 18.9 Å². The Labute approximate surface area is 144 Å². The zero-order valence-electron chi connectivity index (χ0n) is 12.9. The maximum absolute atomic E-state index is 12.6. The third-order valence-electron chi connectivity index (χ3n) is 3.78. The van der Waals surface area contributed by atoms with Crippen LogP contribution in [0.2, 0.25) is 5.02 Å². The van der Waals surface area contributed by atoms with Gasteiger partial charge >= 0.3 is 0 Å². The van der Waals surface area contributed by atoms with Crippen LogP contribution in [0.3, 0.4) is 0 Å². The Morgan fingerprint density at radius 3 is 2.88 bits per heavy atom. The van der Waals surface area contributed by atoms with Crippen molar-refractivity contribution in [3.63, 3.8) is 0 Å². The lowest BCUT2D eigenvalue weighted by Crippen LogP contribution is -2.40. The summed E-state index contributed by atoms with van der Waals surface area (Å²) in [6, 6.07) is 16.0. The summed E-state index contributed by atoms with van der Waals surface area (Å²) in [6.45, 7) is 1.67. The SMILES string of the molecule is CC1(C(=O)Nc2cccc(C#N)c2)CC(c2ccccc2Cl)=NO1. The standard InChI is InChI=1S/C18H14ClN3O2/c1-18(17(23)21-13-6-4-5-12(9-13)11-20)10-16(22-24-18)14-7-2-3-8-15(14)19/h2-9H,10H2,1H3,(H,21,23). The number of anilines is 1. The highest BCUT2D eigenvalue weighted by Crippen LogP contribution is 2.30. The molecule has 120 valence electrons. The van der Waals surface area contributed by atoms with Gasteiger partial charge in [0.2, 0.25) is 5.60 Å². The summed E-state index contributed by atoms with van der Waals surface area (Å²) in [5.41, 5.74) is 1.26. The molecule has 0 aromatic heterocycles. The van der Waals surface area contributed by atoms with Gasteiger partial charge in [0.05, 0.1) is 17.3 Å². The van der Waals surface area contributed by atoms with Crippen LogP contribution in [0.15, 0.2) is 53.7 Å². The molecular formula is C18H14ClN3O2. The van der Waals surface area contributed by atoms with Crippen LogP contribution in [-0.4, -0.2) is 17.2 Å². The molecule has 1 unspecified atom stereocenters. The molecule has 1 atom stereocenters. The molecule has 0 fully saturated rings. The molecular weight excluding hydrogens is 326 g/mol. The Morgan fingerprint density at radius 1 is 1.33 bits per heavy atom. The van der Waals surface area contributed by atoms with E-state index in [4.69, 9.17) is 21.7 Å². The van der Waals surface area contributed by atoms with E-state index in [9.17, 15) is 4.79 Å². The van der Waals surface area contributed by atoms with Gasteiger partial charge in [0, 0.05) is 22.7 Å². The summed E-state index contributed by atoms with van der Waals surface area (Å²) < 4.78 is 0. The van der Waals surface area contributed by atoms with Crippen molar-refractivity contribution in [2.75, 3.05) is 5.32 Å². The van der Waals surface area contributed by atoms with E-state index in [1.54, 1.807) is 37.3 Å². The van der Waals surface area contributed by atoms with Gasteiger partial charge in [0.1, 0.15) is 0 Å². The first-order valence-corrected chi connectivity index (χ1v) is 7.71. The predicted molar refractivity (Wildman–Crippen MR) is 91.9 cm³/mol. The first-order valence-electron chi connectivity index (χ1n) is 7.33. The number of oxime groups is 1. The van der Waals surface area contributed by atoms with Crippen LogP contribution < -0.4 is 5.32 Å². The average Bonchev–Trinajstić information content (AvgIpc) is 2.99. The minimum absolute atomic E-state index is 0.306. The molecule has 1 N–H and O–H groups in total. The Balaban J connectivity index is 1.75. The van der Waals surface area contributed by atoms with Gasteiger partial charge in [-0.25, -0.2) is 0 Å². The lowest BCUT2D eigenvalue weighted by molar-refractivity contribution is -0.135. The van der Waals surface area contributed by atoms with Crippen LogP contribution in [0.1, 0.15) is 24.5 Å². The zero-order chi connectivity index (χ0) is 17.2. The molecule has 24 heavy (non-hydrogen) atoms. The summed E-state index contributed by atoms with van der Waals surface area (Å²) in [5.74, 6) is -0.330. The van der Waals surface area contributed by atoms with E-state index in [-0.39, 0.29) is 5.91 Å². The van der Waals surface area contributed by atoms with Crippen molar-refractivity contribution in [1.82, 2.24) is 0 Å². The average molecular weight is 340 g/mol. The van der Waals surface area contributed by atoms with E-state index >= 15 is 0 Å². The lowest BCUT2D eigenvalue weighted by atomic mass is 9.95. The van der Waals surface area contributed by atoms with E-state index in [1.807, 2.05) is 24.3 Å². The fourth-order valence-electron chi connectivity index (χ4n) is 2.43. The van der Waals surface area contributed by atoms with Crippen molar-refractivity contribution in [3.8, 4) is 6.07 Å². The summed E-state index contributed by atoms with van der Waals surface area (Å²) in [4.78, 5) is 18.0. The number of hydrogen-bond acceptors (Lipinski definition) is 4. The number of carbonyl (C=O) groups excluding carboxylic acids is 1. The summed E-state index contributed by atoms with van der Waals surface area (Å²) in [6.07, 6.45) is 0.306. The highest BCUT2D eigenvalue weighted by molar-refractivity contribution is 6.34. The van der Waals surface area contributed by atoms with Gasteiger partial charge in [-0.1, -0.05) is 41.0 Å². The second-order valence-corrected chi connectivity index (χ2v) is 6.07. The molecule has 2 aromatic rings. The van der Waals surface area contributed by atoms with Crippen LogP contribution in [0.25, 0.3) is 0 Å². The van der Waals surface area contributed by atoms with Crippen LogP contribution >= 0.6 is 11.6 Å². The van der Waals surface area contributed by atoms with Crippen LogP contribution in [0, 0.1) is 11.3 Å². The molecule has 5 nitrogen and oxygen atoms in total. The first kappa shape index (κ1) is 16.0. The second kappa shape index (κ2) is 6.34. The van der Waals surface area contributed by atoms with Gasteiger partial charge in [-0.3, -0.25) is 4.79 Å². The smallest absolute Gasteiger partial charge is 0.271 e.